The van der Waals surface area contributed by atoms with Crippen LogP contribution in [0.5, 0.6) is 0 Å². The maximum Gasteiger partial charge on any atom is 0.417 e. The number of halogens is 3. The van der Waals surface area contributed by atoms with E-state index in [0.29, 0.717) is 18.8 Å². The third-order valence-corrected chi connectivity index (χ3v) is 2.95. The van der Waals surface area contributed by atoms with E-state index in [1.807, 2.05) is 6.92 Å². The van der Waals surface area contributed by atoms with Gasteiger partial charge in [-0.05, 0) is 24.6 Å². The number of benzene rings is 1. The second-order valence-corrected chi connectivity index (χ2v) is 4.40. The number of hydrogen-bond donors (Lipinski definition) is 1. The Morgan fingerprint density at radius 1 is 1.30 bits per heavy atom. The molecule has 3 nitrogen and oxygen atoms in total. The van der Waals surface area contributed by atoms with Gasteiger partial charge in [0, 0.05) is 18.8 Å². The van der Waals surface area contributed by atoms with Crippen molar-refractivity contribution in [1.29, 1.82) is 5.26 Å². The molecular weight excluding hydrogens is 269 g/mol. The molecule has 0 aliphatic carbocycles. The maximum atomic E-state index is 12.7. The lowest BCUT2D eigenvalue weighted by molar-refractivity contribution is -0.137. The van der Waals surface area contributed by atoms with Crippen LogP contribution in [0, 0.1) is 11.3 Å². The molecule has 0 aromatic heterocycles. The lowest BCUT2D eigenvalue weighted by Gasteiger charge is -2.24. The monoisotopic (exact) mass is 286 g/mol. The molecule has 0 aliphatic rings. The molecule has 0 amide bonds. The van der Waals surface area contributed by atoms with Crippen LogP contribution in [0.4, 0.5) is 18.9 Å². The first kappa shape index (κ1) is 16.3. The molecule has 1 aromatic carbocycles. The number of aliphatic hydroxyl groups is 1. The lowest BCUT2D eigenvalue weighted by Crippen LogP contribution is -2.28. The van der Waals surface area contributed by atoms with Crippen LogP contribution in [0.1, 0.15) is 30.9 Å². The second-order valence-electron chi connectivity index (χ2n) is 4.40. The summed E-state index contributed by atoms with van der Waals surface area (Å²) in [5.74, 6) is 0. The van der Waals surface area contributed by atoms with E-state index in [4.69, 9.17) is 10.4 Å². The van der Waals surface area contributed by atoms with E-state index in [-0.39, 0.29) is 6.61 Å². The van der Waals surface area contributed by atoms with Crippen LogP contribution in [-0.2, 0) is 6.18 Å². The molecule has 0 unspecified atom stereocenters. The van der Waals surface area contributed by atoms with E-state index < -0.39 is 17.3 Å². The number of rotatable bonds is 6. The zero-order valence-electron chi connectivity index (χ0n) is 11.2. The van der Waals surface area contributed by atoms with Crippen molar-refractivity contribution in [3.8, 4) is 6.07 Å². The fourth-order valence-corrected chi connectivity index (χ4v) is 1.91. The summed E-state index contributed by atoms with van der Waals surface area (Å²) in [7, 11) is 0. The molecule has 1 aromatic rings. The number of nitrogens with zero attached hydrogens (tertiary/aromatic N) is 2. The van der Waals surface area contributed by atoms with Crippen LogP contribution < -0.4 is 4.90 Å². The average molecular weight is 286 g/mol. The Bertz CT molecular complexity index is 480. The van der Waals surface area contributed by atoms with Crippen molar-refractivity contribution >= 4 is 5.69 Å². The molecule has 0 spiro atoms. The normalized spacial score (nSPS) is 11.2. The van der Waals surface area contributed by atoms with Crippen molar-refractivity contribution < 1.29 is 18.3 Å². The molecule has 1 rings (SSSR count). The Morgan fingerprint density at radius 3 is 2.50 bits per heavy atom. The predicted molar refractivity (Wildman–Crippen MR) is 70.4 cm³/mol. The van der Waals surface area contributed by atoms with Gasteiger partial charge < -0.3 is 10.0 Å². The van der Waals surface area contributed by atoms with Gasteiger partial charge in [-0.2, -0.15) is 18.4 Å². The number of nitriles is 1. The smallest absolute Gasteiger partial charge is 0.395 e. The van der Waals surface area contributed by atoms with E-state index in [9.17, 15) is 13.2 Å². The summed E-state index contributed by atoms with van der Waals surface area (Å²) in [6.45, 7) is 2.88. The molecule has 0 radical (unpaired) electrons. The van der Waals surface area contributed by atoms with Gasteiger partial charge in [0.05, 0.1) is 23.8 Å². The second kappa shape index (κ2) is 7.15. The zero-order chi connectivity index (χ0) is 15.2. The van der Waals surface area contributed by atoms with E-state index >= 15 is 0 Å². The number of unbranched alkanes of at least 4 members (excludes halogenated alkanes) is 1. The summed E-state index contributed by atoms with van der Waals surface area (Å²) >= 11 is 0. The standard InChI is InChI=1S/C14H17F3N2O/c1-2-3-6-19(7-8-20)12-4-5-13(14(15,16)17)11(9-12)10-18/h4-5,9,20H,2-3,6-8H2,1H3. The SMILES string of the molecule is CCCCN(CCO)c1ccc(C(F)(F)F)c(C#N)c1. The van der Waals surface area contributed by atoms with Crippen molar-refractivity contribution in [2.45, 2.75) is 25.9 Å². The molecule has 110 valence electrons. The quantitative estimate of drug-likeness (QED) is 0.873. The molecule has 20 heavy (non-hydrogen) atoms. The Morgan fingerprint density at radius 2 is 2.00 bits per heavy atom. The topological polar surface area (TPSA) is 47.3 Å². The van der Waals surface area contributed by atoms with Gasteiger partial charge in [0.1, 0.15) is 0 Å². The highest BCUT2D eigenvalue weighted by molar-refractivity contribution is 5.55. The van der Waals surface area contributed by atoms with Crippen molar-refractivity contribution in [2.75, 3.05) is 24.6 Å². The van der Waals surface area contributed by atoms with Gasteiger partial charge in [-0.1, -0.05) is 13.3 Å². The molecule has 6 heteroatoms. The van der Waals surface area contributed by atoms with Crippen molar-refractivity contribution in [2.24, 2.45) is 0 Å². The lowest BCUT2D eigenvalue weighted by atomic mass is 10.1. The molecule has 0 fully saturated rings. The van der Waals surface area contributed by atoms with Crippen molar-refractivity contribution in [3.63, 3.8) is 0 Å². The summed E-state index contributed by atoms with van der Waals surface area (Å²) in [6, 6.07) is 5.08. The number of anilines is 1. The minimum absolute atomic E-state index is 0.0907. The molecule has 0 aliphatic heterocycles. The fourth-order valence-electron chi connectivity index (χ4n) is 1.91. The highest BCUT2D eigenvalue weighted by atomic mass is 19.4. The van der Waals surface area contributed by atoms with Gasteiger partial charge in [0.2, 0.25) is 0 Å². The molecular formula is C14H17F3N2O. The van der Waals surface area contributed by atoms with Crippen LogP contribution in [-0.4, -0.2) is 24.8 Å². The number of aliphatic hydroxyl groups excluding tert-OH is 1. The first-order valence-electron chi connectivity index (χ1n) is 6.41. The fraction of sp³-hybridized carbons (Fsp3) is 0.500. The van der Waals surface area contributed by atoms with Crippen molar-refractivity contribution in [1.82, 2.24) is 0 Å². The van der Waals surface area contributed by atoms with Crippen LogP contribution in [0.2, 0.25) is 0 Å². The van der Waals surface area contributed by atoms with Gasteiger partial charge >= 0.3 is 6.18 Å². The Kier molecular flexibility index (Phi) is 5.83. The zero-order valence-corrected chi connectivity index (χ0v) is 11.2. The maximum absolute atomic E-state index is 12.7. The van der Waals surface area contributed by atoms with E-state index in [1.165, 1.54) is 12.1 Å². The Labute approximate surface area is 116 Å². The van der Waals surface area contributed by atoms with Gasteiger partial charge in [0.15, 0.2) is 0 Å². The average Bonchev–Trinajstić information content (AvgIpc) is 2.41. The van der Waals surface area contributed by atoms with Gasteiger partial charge in [-0.25, -0.2) is 0 Å². The predicted octanol–water partition coefficient (Wildman–Crippen LogP) is 3.18. The van der Waals surface area contributed by atoms with E-state index in [0.717, 1.165) is 18.9 Å². The molecule has 0 saturated carbocycles. The number of hydrogen-bond acceptors (Lipinski definition) is 3. The summed E-state index contributed by atoms with van der Waals surface area (Å²) in [5, 5.41) is 17.9. The highest BCUT2D eigenvalue weighted by Gasteiger charge is 2.33. The van der Waals surface area contributed by atoms with Gasteiger partial charge in [-0.3, -0.25) is 0 Å². The summed E-state index contributed by atoms with van der Waals surface area (Å²) < 4.78 is 38.1. The van der Waals surface area contributed by atoms with Crippen LogP contribution in [0.15, 0.2) is 18.2 Å². The van der Waals surface area contributed by atoms with Crippen LogP contribution in [0.3, 0.4) is 0 Å². The van der Waals surface area contributed by atoms with Gasteiger partial charge in [0.25, 0.3) is 0 Å². The van der Waals surface area contributed by atoms with E-state index in [2.05, 4.69) is 0 Å². The molecule has 0 saturated heterocycles. The number of alkyl halides is 3. The largest absolute Gasteiger partial charge is 0.417 e. The first-order valence-corrected chi connectivity index (χ1v) is 6.41. The Hall–Kier alpha value is -1.74. The Balaban J connectivity index is 3.09. The molecule has 0 bridgehead atoms. The summed E-state index contributed by atoms with van der Waals surface area (Å²) in [4.78, 5) is 1.78. The van der Waals surface area contributed by atoms with Crippen molar-refractivity contribution in [3.05, 3.63) is 29.3 Å². The minimum atomic E-state index is -4.53. The van der Waals surface area contributed by atoms with E-state index in [1.54, 1.807) is 11.0 Å². The van der Waals surface area contributed by atoms with Crippen LogP contribution >= 0.6 is 0 Å². The minimum Gasteiger partial charge on any atom is -0.395 e. The first-order chi connectivity index (χ1) is 9.43. The molecule has 1 N–H and O–H groups in total. The highest BCUT2D eigenvalue weighted by Crippen LogP contribution is 2.33. The van der Waals surface area contributed by atoms with Gasteiger partial charge in [-0.15, -0.1) is 0 Å². The summed E-state index contributed by atoms with van der Waals surface area (Å²) in [5.41, 5.74) is -0.797. The molecule has 0 atom stereocenters. The summed E-state index contributed by atoms with van der Waals surface area (Å²) in [6.07, 6.45) is -2.73. The third-order valence-electron chi connectivity index (χ3n) is 2.95. The molecule has 0 heterocycles. The van der Waals surface area contributed by atoms with Crippen LogP contribution in [0.25, 0.3) is 0 Å². The third kappa shape index (κ3) is 4.14.